The molecule has 19 heavy (non-hydrogen) atoms. The fourth-order valence-electron chi connectivity index (χ4n) is 1.29. The number of rotatable bonds is 5. The average Bonchev–Trinajstić information content (AvgIpc) is 2.41. The SMILES string of the molecule is CC(/C=C\c1ccccc1)=N\NC(=S)NCC(C)C. The summed E-state index contributed by atoms with van der Waals surface area (Å²) in [6.07, 6.45) is 3.97. The summed E-state index contributed by atoms with van der Waals surface area (Å²) in [6, 6.07) is 10.1. The summed E-state index contributed by atoms with van der Waals surface area (Å²) in [7, 11) is 0. The Morgan fingerprint density at radius 1 is 1.32 bits per heavy atom. The lowest BCUT2D eigenvalue weighted by Gasteiger charge is -2.09. The minimum Gasteiger partial charge on any atom is -0.361 e. The monoisotopic (exact) mass is 275 g/mol. The van der Waals surface area contributed by atoms with Crippen molar-refractivity contribution in [2.24, 2.45) is 11.0 Å². The average molecular weight is 275 g/mol. The van der Waals surface area contributed by atoms with Crippen molar-refractivity contribution in [1.82, 2.24) is 10.7 Å². The van der Waals surface area contributed by atoms with Crippen molar-refractivity contribution in [1.29, 1.82) is 0 Å². The van der Waals surface area contributed by atoms with Crippen molar-refractivity contribution >= 4 is 29.1 Å². The van der Waals surface area contributed by atoms with Crippen LogP contribution in [0.25, 0.3) is 6.08 Å². The second kappa shape index (κ2) is 8.43. The van der Waals surface area contributed by atoms with E-state index in [4.69, 9.17) is 12.2 Å². The molecule has 0 heterocycles. The maximum absolute atomic E-state index is 5.12. The molecule has 0 aliphatic carbocycles. The molecular formula is C15H21N3S. The van der Waals surface area contributed by atoms with Crippen LogP contribution in [0.3, 0.4) is 0 Å². The van der Waals surface area contributed by atoms with Gasteiger partial charge in [0.05, 0.1) is 5.71 Å². The molecule has 0 fully saturated rings. The van der Waals surface area contributed by atoms with Gasteiger partial charge >= 0.3 is 0 Å². The van der Waals surface area contributed by atoms with Crippen LogP contribution >= 0.6 is 12.2 Å². The lowest BCUT2D eigenvalue weighted by molar-refractivity contribution is 0.621. The quantitative estimate of drug-likeness (QED) is 0.492. The predicted molar refractivity (Wildman–Crippen MR) is 87.2 cm³/mol. The highest BCUT2D eigenvalue weighted by atomic mass is 32.1. The Morgan fingerprint density at radius 3 is 2.63 bits per heavy atom. The van der Waals surface area contributed by atoms with Crippen LogP contribution in [0, 0.1) is 5.92 Å². The standard InChI is InChI=1S/C15H21N3S/c1-12(2)11-16-15(19)18-17-13(3)9-10-14-7-5-4-6-8-14/h4-10,12H,11H2,1-3H3,(H2,16,18,19)/b10-9-,17-13+. The van der Waals surface area contributed by atoms with Crippen molar-refractivity contribution in [3.8, 4) is 0 Å². The molecule has 0 saturated carbocycles. The zero-order valence-electron chi connectivity index (χ0n) is 11.7. The second-order valence-corrected chi connectivity index (χ2v) is 5.12. The number of allylic oxidation sites excluding steroid dienone is 1. The van der Waals surface area contributed by atoms with Gasteiger partial charge in [-0.3, -0.25) is 5.43 Å². The van der Waals surface area contributed by atoms with Gasteiger partial charge in [-0.1, -0.05) is 50.3 Å². The van der Waals surface area contributed by atoms with Crippen molar-refractivity contribution in [3.05, 3.63) is 42.0 Å². The number of thiocarbonyl (C=S) groups is 1. The fraction of sp³-hybridized carbons (Fsp3) is 0.333. The fourth-order valence-corrected chi connectivity index (χ4v) is 1.42. The van der Waals surface area contributed by atoms with Gasteiger partial charge in [-0.25, -0.2) is 0 Å². The summed E-state index contributed by atoms with van der Waals surface area (Å²) < 4.78 is 0. The molecule has 0 bridgehead atoms. The van der Waals surface area contributed by atoms with E-state index in [2.05, 4.69) is 29.7 Å². The van der Waals surface area contributed by atoms with Crippen LogP contribution in [0.2, 0.25) is 0 Å². The third-order valence-corrected chi connectivity index (χ3v) is 2.56. The molecule has 1 rings (SSSR count). The molecule has 1 aromatic carbocycles. The van der Waals surface area contributed by atoms with Gasteiger partial charge in [0.2, 0.25) is 0 Å². The first-order valence-electron chi connectivity index (χ1n) is 6.39. The van der Waals surface area contributed by atoms with Crippen molar-refractivity contribution in [2.75, 3.05) is 6.54 Å². The Bertz CT molecular complexity index is 450. The zero-order valence-corrected chi connectivity index (χ0v) is 12.5. The van der Waals surface area contributed by atoms with Gasteiger partial charge in [-0.15, -0.1) is 0 Å². The number of nitrogens with one attached hydrogen (secondary N) is 2. The Labute approximate surface area is 120 Å². The van der Waals surface area contributed by atoms with E-state index >= 15 is 0 Å². The highest BCUT2D eigenvalue weighted by molar-refractivity contribution is 7.80. The summed E-state index contributed by atoms with van der Waals surface area (Å²) in [4.78, 5) is 0. The molecule has 0 atom stereocenters. The maximum Gasteiger partial charge on any atom is 0.186 e. The highest BCUT2D eigenvalue weighted by Crippen LogP contribution is 2.00. The van der Waals surface area contributed by atoms with Crippen LogP contribution in [0.15, 0.2) is 41.5 Å². The molecule has 0 aliphatic rings. The van der Waals surface area contributed by atoms with Gasteiger partial charge in [-0.05, 0) is 36.7 Å². The topological polar surface area (TPSA) is 36.4 Å². The normalized spacial score (nSPS) is 11.9. The summed E-state index contributed by atoms with van der Waals surface area (Å²) in [6.45, 7) is 7.04. The van der Waals surface area contributed by atoms with Gasteiger partial charge in [-0.2, -0.15) is 5.10 Å². The number of benzene rings is 1. The van der Waals surface area contributed by atoms with Crippen LogP contribution in [0.1, 0.15) is 26.3 Å². The Balaban J connectivity index is 2.41. The zero-order chi connectivity index (χ0) is 14.1. The molecule has 1 aromatic rings. The van der Waals surface area contributed by atoms with Crippen molar-refractivity contribution in [3.63, 3.8) is 0 Å². The molecule has 4 heteroatoms. The number of hydrogen-bond acceptors (Lipinski definition) is 2. The molecule has 0 amide bonds. The van der Waals surface area contributed by atoms with E-state index < -0.39 is 0 Å². The summed E-state index contributed by atoms with van der Waals surface area (Å²) in [5.74, 6) is 0.558. The molecule has 0 saturated heterocycles. The van der Waals surface area contributed by atoms with Crippen LogP contribution in [0.5, 0.6) is 0 Å². The largest absolute Gasteiger partial charge is 0.361 e. The Hall–Kier alpha value is -1.68. The molecular weight excluding hydrogens is 254 g/mol. The van der Waals surface area contributed by atoms with Crippen molar-refractivity contribution < 1.29 is 0 Å². The van der Waals surface area contributed by atoms with E-state index in [1.165, 1.54) is 0 Å². The van der Waals surface area contributed by atoms with Crippen LogP contribution in [-0.4, -0.2) is 17.4 Å². The number of hydrazone groups is 1. The van der Waals surface area contributed by atoms with E-state index in [1.807, 2.05) is 49.4 Å². The molecule has 0 aliphatic heterocycles. The second-order valence-electron chi connectivity index (χ2n) is 4.71. The van der Waals surface area contributed by atoms with E-state index in [9.17, 15) is 0 Å². The molecule has 0 radical (unpaired) electrons. The number of hydrogen-bond donors (Lipinski definition) is 2. The smallest absolute Gasteiger partial charge is 0.186 e. The van der Waals surface area contributed by atoms with E-state index in [1.54, 1.807) is 0 Å². The van der Waals surface area contributed by atoms with Crippen LogP contribution in [0.4, 0.5) is 0 Å². The first-order valence-corrected chi connectivity index (χ1v) is 6.80. The highest BCUT2D eigenvalue weighted by Gasteiger charge is 1.95. The van der Waals surface area contributed by atoms with E-state index in [-0.39, 0.29) is 0 Å². The third-order valence-electron chi connectivity index (χ3n) is 2.32. The Morgan fingerprint density at radius 2 is 2.00 bits per heavy atom. The molecule has 0 spiro atoms. The summed E-state index contributed by atoms with van der Waals surface area (Å²) in [5.41, 5.74) is 4.85. The minimum absolute atomic E-state index is 0.557. The lowest BCUT2D eigenvalue weighted by atomic mass is 10.2. The van der Waals surface area contributed by atoms with Gasteiger partial charge in [0.25, 0.3) is 0 Å². The minimum atomic E-state index is 0.557. The van der Waals surface area contributed by atoms with E-state index in [0.29, 0.717) is 11.0 Å². The van der Waals surface area contributed by atoms with Crippen LogP contribution in [-0.2, 0) is 0 Å². The van der Waals surface area contributed by atoms with Gasteiger partial charge in [0.15, 0.2) is 5.11 Å². The first kappa shape index (κ1) is 15.4. The lowest BCUT2D eigenvalue weighted by Crippen LogP contribution is -2.34. The molecule has 0 unspecified atom stereocenters. The molecule has 0 aromatic heterocycles. The van der Waals surface area contributed by atoms with Gasteiger partial charge in [0, 0.05) is 6.54 Å². The van der Waals surface area contributed by atoms with Gasteiger partial charge < -0.3 is 5.32 Å². The third kappa shape index (κ3) is 7.36. The molecule has 2 N–H and O–H groups in total. The molecule has 102 valence electrons. The molecule has 3 nitrogen and oxygen atoms in total. The van der Waals surface area contributed by atoms with Crippen LogP contribution < -0.4 is 10.7 Å². The maximum atomic E-state index is 5.12. The summed E-state index contributed by atoms with van der Waals surface area (Å²) >= 11 is 5.12. The predicted octanol–water partition coefficient (Wildman–Crippen LogP) is 3.20. The van der Waals surface area contributed by atoms with E-state index in [0.717, 1.165) is 17.8 Å². The van der Waals surface area contributed by atoms with Gasteiger partial charge in [0.1, 0.15) is 0 Å². The van der Waals surface area contributed by atoms with Crippen molar-refractivity contribution in [2.45, 2.75) is 20.8 Å². The number of nitrogens with zero attached hydrogens (tertiary/aromatic N) is 1. The summed E-state index contributed by atoms with van der Waals surface area (Å²) in [5, 5.41) is 7.85. The first-order chi connectivity index (χ1) is 9.08. The Kier molecular flexibility index (Phi) is 6.82.